The first-order chi connectivity index (χ1) is 8.30. The number of hydrogen-bond donors (Lipinski definition) is 0. The smallest absolute Gasteiger partial charge is 0.481 e. The number of carbonyl (C=O) groups is 1. The van der Waals surface area contributed by atoms with Crippen molar-refractivity contribution in [2.75, 3.05) is 7.11 Å². The first-order valence-electron chi connectivity index (χ1n) is 4.36. The highest BCUT2D eigenvalue weighted by atomic mass is 19.4. The van der Waals surface area contributed by atoms with Gasteiger partial charge in [-0.25, -0.2) is 13.8 Å². The van der Waals surface area contributed by atoms with Crippen molar-refractivity contribution >= 4 is 6.29 Å². The summed E-state index contributed by atoms with van der Waals surface area (Å²) in [6.45, 7) is 0. The molecule has 18 heavy (non-hydrogen) atoms. The van der Waals surface area contributed by atoms with Gasteiger partial charge < -0.3 is 9.47 Å². The Hall–Kier alpha value is -1.93. The van der Waals surface area contributed by atoms with Crippen LogP contribution in [0.25, 0.3) is 0 Å². The molecule has 1 rings (SSSR count). The average Bonchev–Trinajstić information content (AvgIpc) is 2.26. The fourth-order valence-electron chi connectivity index (χ4n) is 1.21. The summed E-state index contributed by atoms with van der Waals surface area (Å²) in [7, 11) is 0.993. The third kappa shape index (κ3) is 3.05. The van der Waals surface area contributed by atoms with Crippen molar-refractivity contribution in [3.8, 4) is 11.6 Å². The van der Waals surface area contributed by atoms with Crippen LogP contribution in [-0.2, 0) is 0 Å². The van der Waals surface area contributed by atoms with E-state index in [1.165, 1.54) is 0 Å². The summed E-state index contributed by atoms with van der Waals surface area (Å²) >= 11 is 0. The van der Waals surface area contributed by atoms with Gasteiger partial charge in [-0.3, -0.25) is 4.79 Å². The van der Waals surface area contributed by atoms with Gasteiger partial charge in [0.1, 0.15) is 0 Å². The van der Waals surface area contributed by atoms with Gasteiger partial charge in [-0.15, -0.1) is 13.2 Å². The number of nitrogens with zero attached hydrogens (tertiary/aromatic N) is 1. The molecule has 100 valence electrons. The van der Waals surface area contributed by atoms with Crippen molar-refractivity contribution in [1.82, 2.24) is 4.98 Å². The molecule has 0 atom stereocenters. The Morgan fingerprint density at radius 3 is 2.39 bits per heavy atom. The van der Waals surface area contributed by atoms with Gasteiger partial charge in [-0.2, -0.15) is 0 Å². The first-order valence-corrected chi connectivity index (χ1v) is 4.36. The van der Waals surface area contributed by atoms with Gasteiger partial charge in [0.05, 0.1) is 24.4 Å². The lowest BCUT2D eigenvalue weighted by Crippen LogP contribution is -2.19. The van der Waals surface area contributed by atoms with Gasteiger partial charge in [-0.05, 0) is 0 Å². The SMILES string of the molecule is COc1ncc(OC(F)(F)F)c(C=O)c1C(F)F. The molecule has 0 spiro atoms. The predicted octanol–water partition coefficient (Wildman–Crippen LogP) is 2.74. The molecule has 1 aromatic heterocycles. The Kier molecular flexibility index (Phi) is 4.04. The average molecular weight is 271 g/mol. The highest BCUT2D eigenvalue weighted by Crippen LogP contribution is 2.36. The standard InChI is InChI=1S/C9H6F5NO3/c1-17-8-6(7(10)11)4(3-16)5(2-15-8)18-9(12,13)14/h2-3,7H,1H3. The molecular formula is C9H6F5NO3. The second kappa shape index (κ2) is 5.15. The number of rotatable bonds is 4. The number of aldehydes is 1. The maximum Gasteiger partial charge on any atom is 0.573 e. The first kappa shape index (κ1) is 14.1. The summed E-state index contributed by atoms with van der Waals surface area (Å²) in [6.07, 6.45) is -8.04. The zero-order valence-electron chi connectivity index (χ0n) is 8.79. The molecule has 0 N–H and O–H groups in total. The van der Waals surface area contributed by atoms with Crippen LogP contribution in [0.15, 0.2) is 6.20 Å². The molecule has 0 bridgehead atoms. The van der Waals surface area contributed by atoms with Crippen molar-refractivity contribution in [3.05, 3.63) is 17.3 Å². The minimum Gasteiger partial charge on any atom is -0.481 e. The molecule has 0 aliphatic carbocycles. The molecule has 0 fully saturated rings. The molecule has 9 heteroatoms. The van der Waals surface area contributed by atoms with E-state index in [-0.39, 0.29) is 6.29 Å². The van der Waals surface area contributed by atoms with E-state index in [2.05, 4.69) is 14.5 Å². The molecule has 4 nitrogen and oxygen atoms in total. The maximum absolute atomic E-state index is 12.7. The fourth-order valence-corrected chi connectivity index (χ4v) is 1.21. The van der Waals surface area contributed by atoms with E-state index in [9.17, 15) is 26.7 Å². The van der Waals surface area contributed by atoms with Crippen LogP contribution in [0.1, 0.15) is 22.3 Å². The number of halogens is 5. The van der Waals surface area contributed by atoms with E-state index in [0.29, 0.717) is 6.20 Å². The summed E-state index contributed by atoms with van der Waals surface area (Å²) < 4.78 is 69.2. The van der Waals surface area contributed by atoms with Crippen LogP contribution >= 0.6 is 0 Å². The van der Waals surface area contributed by atoms with Crippen LogP contribution < -0.4 is 9.47 Å². The van der Waals surface area contributed by atoms with Crippen LogP contribution in [-0.4, -0.2) is 24.7 Å². The zero-order chi connectivity index (χ0) is 13.9. The minimum absolute atomic E-state index is 0.174. The van der Waals surface area contributed by atoms with Gasteiger partial charge in [0.2, 0.25) is 5.88 Å². The Morgan fingerprint density at radius 1 is 1.39 bits per heavy atom. The van der Waals surface area contributed by atoms with Crippen molar-refractivity contribution in [1.29, 1.82) is 0 Å². The Labute approximate surface area is 97.3 Å². The topological polar surface area (TPSA) is 48.4 Å². The van der Waals surface area contributed by atoms with Crippen LogP contribution in [0.2, 0.25) is 0 Å². The summed E-state index contributed by atoms with van der Waals surface area (Å²) in [6, 6.07) is 0. The van der Waals surface area contributed by atoms with E-state index in [4.69, 9.17) is 0 Å². The number of hydrogen-bond acceptors (Lipinski definition) is 4. The number of aromatic nitrogens is 1. The fraction of sp³-hybridized carbons (Fsp3) is 0.333. The minimum atomic E-state index is -5.12. The summed E-state index contributed by atoms with van der Waals surface area (Å²) in [5.41, 5.74) is -2.00. The highest BCUT2D eigenvalue weighted by molar-refractivity contribution is 5.82. The Bertz CT molecular complexity index is 447. The van der Waals surface area contributed by atoms with Crippen LogP contribution in [0, 0.1) is 0 Å². The number of pyridine rings is 1. The van der Waals surface area contributed by atoms with Crippen molar-refractivity contribution in [2.45, 2.75) is 12.8 Å². The third-order valence-corrected chi connectivity index (χ3v) is 1.84. The molecule has 0 unspecified atom stereocenters. The summed E-state index contributed by atoms with van der Waals surface area (Å²) in [5, 5.41) is 0. The second-order valence-electron chi connectivity index (χ2n) is 2.93. The molecule has 0 aliphatic heterocycles. The number of methoxy groups -OCH3 is 1. The van der Waals surface area contributed by atoms with E-state index >= 15 is 0 Å². The van der Waals surface area contributed by atoms with Gasteiger partial charge >= 0.3 is 6.36 Å². The lowest BCUT2D eigenvalue weighted by Gasteiger charge is -2.14. The molecular weight excluding hydrogens is 265 g/mol. The number of alkyl halides is 5. The molecule has 1 heterocycles. The van der Waals surface area contributed by atoms with Gasteiger partial charge in [0.15, 0.2) is 12.0 Å². The monoisotopic (exact) mass is 271 g/mol. The Balaban J connectivity index is 3.38. The van der Waals surface area contributed by atoms with Gasteiger partial charge in [0.25, 0.3) is 6.43 Å². The lowest BCUT2D eigenvalue weighted by molar-refractivity contribution is -0.274. The summed E-state index contributed by atoms with van der Waals surface area (Å²) in [4.78, 5) is 13.9. The summed E-state index contributed by atoms with van der Waals surface area (Å²) in [5.74, 6) is -1.74. The Morgan fingerprint density at radius 2 is 2.00 bits per heavy atom. The normalized spacial score (nSPS) is 11.5. The van der Waals surface area contributed by atoms with Crippen molar-refractivity contribution < 1.29 is 36.2 Å². The van der Waals surface area contributed by atoms with E-state index in [0.717, 1.165) is 7.11 Å². The molecule has 0 aromatic carbocycles. The molecule has 0 aliphatic rings. The largest absolute Gasteiger partial charge is 0.573 e. The van der Waals surface area contributed by atoms with Gasteiger partial charge in [0, 0.05) is 0 Å². The molecule has 0 saturated carbocycles. The number of ether oxygens (including phenoxy) is 2. The van der Waals surface area contributed by atoms with Crippen LogP contribution in [0.4, 0.5) is 22.0 Å². The molecule has 0 radical (unpaired) electrons. The van der Waals surface area contributed by atoms with E-state index < -0.39 is 35.5 Å². The number of carbonyl (C=O) groups excluding carboxylic acids is 1. The zero-order valence-corrected chi connectivity index (χ0v) is 8.79. The quantitative estimate of drug-likeness (QED) is 0.624. The van der Waals surface area contributed by atoms with Crippen molar-refractivity contribution in [3.63, 3.8) is 0 Å². The highest BCUT2D eigenvalue weighted by Gasteiger charge is 2.34. The molecule has 1 aromatic rings. The molecule has 0 saturated heterocycles. The molecule has 0 amide bonds. The van der Waals surface area contributed by atoms with Crippen LogP contribution in [0.5, 0.6) is 11.6 Å². The van der Waals surface area contributed by atoms with E-state index in [1.807, 2.05) is 0 Å². The maximum atomic E-state index is 12.7. The van der Waals surface area contributed by atoms with Crippen molar-refractivity contribution in [2.24, 2.45) is 0 Å². The lowest BCUT2D eigenvalue weighted by atomic mass is 10.1. The van der Waals surface area contributed by atoms with Gasteiger partial charge in [-0.1, -0.05) is 0 Å². The second-order valence-corrected chi connectivity index (χ2v) is 2.93. The third-order valence-electron chi connectivity index (χ3n) is 1.84. The van der Waals surface area contributed by atoms with Crippen LogP contribution in [0.3, 0.4) is 0 Å². The predicted molar refractivity (Wildman–Crippen MR) is 47.8 cm³/mol. The van der Waals surface area contributed by atoms with E-state index in [1.54, 1.807) is 0 Å².